The first-order valence-corrected chi connectivity index (χ1v) is 6.34. The van der Waals surface area contributed by atoms with E-state index in [1.54, 1.807) is 4.90 Å². The molecule has 19 heavy (non-hydrogen) atoms. The second kappa shape index (κ2) is 4.74. The van der Waals surface area contributed by atoms with Crippen molar-refractivity contribution in [3.8, 4) is 5.75 Å². The Bertz CT molecular complexity index is 499. The first-order chi connectivity index (χ1) is 8.78. The lowest BCUT2D eigenvalue weighted by atomic mass is 10.0. The maximum atomic E-state index is 12.5. The van der Waals surface area contributed by atoms with E-state index in [2.05, 4.69) is 0 Å². The van der Waals surface area contributed by atoms with Gasteiger partial charge >= 0.3 is 0 Å². The molecule has 5 heteroatoms. The maximum absolute atomic E-state index is 12.5. The van der Waals surface area contributed by atoms with Gasteiger partial charge in [-0.1, -0.05) is 0 Å². The third-order valence-electron chi connectivity index (χ3n) is 3.12. The zero-order valence-corrected chi connectivity index (χ0v) is 11.5. The van der Waals surface area contributed by atoms with Gasteiger partial charge in [0.15, 0.2) is 0 Å². The Morgan fingerprint density at radius 1 is 1.53 bits per heavy atom. The Kier molecular flexibility index (Phi) is 3.41. The van der Waals surface area contributed by atoms with Crippen LogP contribution in [0.1, 0.15) is 31.1 Å². The molecular weight excluding hydrogens is 244 g/mol. The summed E-state index contributed by atoms with van der Waals surface area (Å²) >= 11 is 0. The number of anilines is 1. The Hall–Kier alpha value is -1.75. The van der Waals surface area contributed by atoms with Gasteiger partial charge in [-0.2, -0.15) is 0 Å². The molecule has 0 saturated carbocycles. The van der Waals surface area contributed by atoms with E-state index in [1.807, 2.05) is 20.8 Å². The molecule has 0 aliphatic carbocycles. The first kappa shape index (κ1) is 13.7. The maximum Gasteiger partial charge on any atom is 0.256 e. The van der Waals surface area contributed by atoms with Crippen LogP contribution in [0.4, 0.5) is 5.69 Å². The number of carbonyl (C=O) groups is 1. The molecule has 3 N–H and O–H groups in total. The number of nitrogen functional groups attached to an aromatic ring is 1. The molecule has 1 saturated heterocycles. The van der Waals surface area contributed by atoms with E-state index in [-0.39, 0.29) is 23.4 Å². The molecule has 0 spiro atoms. The van der Waals surface area contributed by atoms with Crippen LogP contribution in [-0.2, 0) is 4.74 Å². The molecule has 1 fully saturated rings. The van der Waals surface area contributed by atoms with Crippen molar-refractivity contribution in [2.24, 2.45) is 0 Å². The fourth-order valence-corrected chi connectivity index (χ4v) is 2.51. The number of hydrogen-bond acceptors (Lipinski definition) is 4. The summed E-state index contributed by atoms with van der Waals surface area (Å²) in [4.78, 5) is 14.2. The van der Waals surface area contributed by atoms with E-state index in [9.17, 15) is 9.90 Å². The average molecular weight is 264 g/mol. The van der Waals surface area contributed by atoms with Crippen LogP contribution >= 0.6 is 0 Å². The Morgan fingerprint density at radius 2 is 2.21 bits per heavy atom. The third-order valence-corrected chi connectivity index (χ3v) is 3.12. The lowest BCUT2D eigenvalue weighted by molar-refractivity contribution is -0.118. The molecule has 104 valence electrons. The van der Waals surface area contributed by atoms with Crippen LogP contribution in [0.25, 0.3) is 0 Å². The zero-order chi connectivity index (χ0) is 14.2. The summed E-state index contributed by atoms with van der Waals surface area (Å²) < 4.78 is 5.77. The summed E-state index contributed by atoms with van der Waals surface area (Å²) in [5.74, 6) is -0.130. The molecule has 1 unspecified atom stereocenters. The number of benzene rings is 1. The number of nitrogens with two attached hydrogens (primary N) is 1. The van der Waals surface area contributed by atoms with Crippen LogP contribution < -0.4 is 5.73 Å². The zero-order valence-electron chi connectivity index (χ0n) is 11.5. The Labute approximate surface area is 113 Å². The highest BCUT2D eigenvalue weighted by atomic mass is 16.5. The van der Waals surface area contributed by atoms with Gasteiger partial charge < -0.3 is 20.5 Å². The number of nitrogens with zero attached hydrogens (tertiary/aromatic N) is 1. The number of phenolic OH excluding ortho intramolecular Hbond substituents is 1. The van der Waals surface area contributed by atoms with Crippen LogP contribution in [-0.4, -0.2) is 40.7 Å². The number of carbonyl (C=O) groups excluding carboxylic acids is 1. The number of hydrogen-bond donors (Lipinski definition) is 2. The quantitative estimate of drug-likeness (QED) is 0.597. The fourth-order valence-electron chi connectivity index (χ4n) is 2.51. The van der Waals surface area contributed by atoms with Crippen LogP contribution in [0.15, 0.2) is 18.2 Å². The van der Waals surface area contributed by atoms with Crippen molar-refractivity contribution in [1.82, 2.24) is 4.90 Å². The number of rotatable bonds is 1. The second-order valence-corrected chi connectivity index (χ2v) is 5.65. The molecule has 1 aromatic carbocycles. The highest BCUT2D eigenvalue weighted by Gasteiger charge is 2.34. The van der Waals surface area contributed by atoms with Crippen molar-refractivity contribution >= 4 is 11.6 Å². The molecule has 0 radical (unpaired) electrons. The van der Waals surface area contributed by atoms with Gasteiger partial charge in [-0.25, -0.2) is 0 Å². The van der Waals surface area contributed by atoms with Gasteiger partial charge in [-0.3, -0.25) is 4.79 Å². The van der Waals surface area contributed by atoms with Gasteiger partial charge in [0.1, 0.15) is 5.75 Å². The first-order valence-electron chi connectivity index (χ1n) is 6.34. The third kappa shape index (κ3) is 2.98. The molecule has 1 aliphatic heterocycles. The minimum Gasteiger partial charge on any atom is -0.508 e. The molecule has 1 atom stereocenters. The van der Waals surface area contributed by atoms with Crippen LogP contribution in [0.5, 0.6) is 5.75 Å². The lowest BCUT2D eigenvalue weighted by Gasteiger charge is -2.41. The van der Waals surface area contributed by atoms with Crippen LogP contribution in [0.2, 0.25) is 0 Å². The highest BCUT2D eigenvalue weighted by molar-refractivity contribution is 5.99. The van der Waals surface area contributed by atoms with E-state index in [0.29, 0.717) is 24.3 Å². The smallest absolute Gasteiger partial charge is 0.256 e. The Morgan fingerprint density at radius 3 is 2.84 bits per heavy atom. The standard InChI is InChI=1S/C14H20N2O3/c1-9-7-16(8-14(2,3)19-9)13(18)11-6-10(17)4-5-12(11)15/h4-6,9,17H,7-8,15H2,1-3H3. The molecule has 1 amide bonds. The van der Waals surface area contributed by atoms with E-state index in [0.717, 1.165) is 0 Å². The summed E-state index contributed by atoms with van der Waals surface area (Å²) in [6.07, 6.45) is -0.0220. The molecule has 1 heterocycles. The topological polar surface area (TPSA) is 75.8 Å². The minimum absolute atomic E-state index is 0.0220. The number of amides is 1. The summed E-state index contributed by atoms with van der Waals surface area (Å²) in [6.45, 7) is 6.87. The number of aromatic hydroxyl groups is 1. The van der Waals surface area contributed by atoms with Gasteiger partial charge in [0.25, 0.3) is 5.91 Å². The van der Waals surface area contributed by atoms with Crippen molar-refractivity contribution in [3.05, 3.63) is 23.8 Å². The molecule has 0 bridgehead atoms. The fraction of sp³-hybridized carbons (Fsp3) is 0.500. The predicted molar refractivity (Wildman–Crippen MR) is 73.0 cm³/mol. The number of morpholine rings is 1. The number of ether oxygens (including phenoxy) is 1. The van der Waals surface area contributed by atoms with Gasteiger partial charge in [-0.05, 0) is 39.0 Å². The van der Waals surface area contributed by atoms with Gasteiger partial charge in [0, 0.05) is 18.8 Å². The Balaban J connectivity index is 2.26. The molecule has 2 rings (SSSR count). The summed E-state index contributed by atoms with van der Waals surface area (Å²) in [6, 6.07) is 4.42. The van der Waals surface area contributed by atoms with E-state index in [1.165, 1.54) is 18.2 Å². The monoisotopic (exact) mass is 264 g/mol. The van der Waals surface area contributed by atoms with E-state index >= 15 is 0 Å². The second-order valence-electron chi connectivity index (χ2n) is 5.65. The molecule has 0 aromatic heterocycles. The average Bonchev–Trinajstić information content (AvgIpc) is 2.29. The minimum atomic E-state index is -0.376. The van der Waals surface area contributed by atoms with Crippen molar-refractivity contribution in [1.29, 1.82) is 0 Å². The number of phenols is 1. The summed E-state index contributed by atoms with van der Waals surface area (Å²) in [7, 11) is 0. The molecular formula is C14H20N2O3. The van der Waals surface area contributed by atoms with E-state index in [4.69, 9.17) is 10.5 Å². The largest absolute Gasteiger partial charge is 0.508 e. The molecule has 5 nitrogen and oxygen atoms in total. The van der Waals surface area contributed by atoms with E-state index < -0.39 is 0 Å². The summed E-state index contributed by atoms with van der Waals surface area (Å²) in [5.41, 5.74) is 6.15. The van der Waals surface area contributed by atoms with Crippen molar-refractivity contribution < 1.29 is 14.6 Å². The van der Waals surface area contributed by atoms with Crippen LogP contribution in [0, 0.1) is 0 Å². The van der Waals surface area contributed by atoms with Crippen molar-refractivity contribution in [2.45, 2.75) is 32.5 Å². The molecule has 1 aromatic rings. The van der Waals surface area contributed by atoms with Gasteiger partial charge in [0.05, 0.1) is 17.3 Å². The van der Waals surface area contributed by atoms with Gasteiger partial charge in [0.2, 0.25) is 0 Å². The van der Waals surface area contributed by atoms with Gasteiger partial charge in [-0.15, -0.1) is 0 Å². The highest BCUT2D eigenvalue weighted by Crippen LogP contribution is 2.25. The summed E-state index contributed by atoms with van der Waals surface area (Å²) in [5, 5.41) is 9.49. The van der Waals surface area contributed by atoms with Crippen molar-refractivity contribution in [3.63, 3.8) is 0 Å². The lowest BCUT2D eigenvalue weighted by Crippen LogP contribution is -2.53. The normalized spacial score (nSPS) is 22.3. The van der Waals surface area contributed by atoms with Crippen molar-refractivity contribution in [2.75, 3.05) is 18.8 Å². The van der Waals surface area contributed by atoms with Crippen LogP contribution in [0.3, 0.4) is 0 Å². The SMILES string of the molecule is CC1CN(C(=O)c2cc(O)ccc2N)CC(C)(C)O1. The molecule has 1 aliphatic rings. The predicted octanol–water partition coefficient (Wildman–Crippen LogP) is 1.61.